The normalized spacial score (nSPS) is 15.7. The van der Waals surface area contributed by atoms with Crippen LogP contribution in [0.25, 0.3) is 10.9 Å². The molecule has 170 valence electrons. The third kappa shape index (κ3) is 5.93. The highest BCUT2D eigenvalue weighted by Gasteiger charge is 2.16. The van der Waals surface area contributed by atoms with E-state index < -0.39 is 43.6 Å². The van der Waals surface area contributed by atoms with E-state index in [2.05, 4.69) is 16.4 Å². The summed E-state index contributed by atoms with van der Waals surface area (Å²) in [6.07, 6.45) is 0.883. The second-order valence-corrected chi connectivity index (χ2v) is 7.18. The van der Waals surface area contributed by atoms with Crippen LogP contribution in [0.4, 0.5) is 15.8 Å². The number of anilines is 2. The molecule has 1 aromatic heterocycles. The van der Waals surface area contributed by atoms with E-state index in [-0.39, 0.29) is 23.5 Å². The Bertz CT molecular complexity index is 1530. The number of ketones is 1. The molecule has 2 aromatic carbocycles. The van der Waals surface area contributed by atoms with Gasteiger partial charge in [-0.3, -0.25) is 9.78 Å². The van der Waals surface area contributed by atoms with E-state index >= 15 is 0 Å². The van der Waals surface area contributed by atoms with Gasteiger partial charge < -0.3 is 15.0 Å². The first-order valence-electron chi connectivity index (χ1n) is 13.6. The standard InChI is InChI=1S/C26H27FN4O2/c1-5-33-25-14-24-22(13-18(25)12-21(32)7-6-10-31(3)4)26(19(15-28)16-29-24)30-20-8-9-23(27)17(2)11-20/h6-9,11,13-14,16H,5,10,12H2,1-4H3,(H,29,30)/b7-6+/i3D3,6D,7D,10D2. The molecule has 0 aliphatic carbocycles. The number of rotatable bonds is 9. The number of aryl methyl sites for hydroxylation is 1. The lowest BCUT2D eigenvalue weighted by molar-refractivity contribution is -0.114. The van der Waals surface area contributed by atoms with Gasteiger partial charge in [-0.2, -0.15) is 5.26 Å². The van der Waals surface area contributed by atoms with E-state index in [1.54, 1.807) is 32.0 Å². The zero-order valence-corrected chi connectivity index (χ0v) is 18.4. The number of carbonyl (C=O) groups is 1. The molecule has 0 unspecified atom stereocenters. The summed E-state index contributed by atoms with van der Waals surface area (Å²) in [5.74, 6) is -1.08. The number of ether oxygens (including phenoxy) is 1. The minimum atomic E-state index is -2.92. The van der Waals surface area contributed by atoms with Crippen LogP contribution in [0.5, 0.6) is 5.75 Å². The number of nitrogens with one attached hydrogen (secondary N) is 1. The lowest BCUT2D eigenvalue weighted by Gasteiger charge is -2.15. The molecular formula is C26H27FN4O2. The van der Waals surface area contributed by atoms with Crippen LogP contribution < -0.4 is 10.1 Å². The third-order valence-corrected chi connectivity index (χ3v) is 4.67. The fourth-order valence-corrected chi connectivity index (χ4v) is 3.18. The number of carbonyl (C=O) groups excluding carboxylic acids is 1. The highest BCUT2D eigenvalue weighted by atomic mass is 19.1. The van der Waals surface area contributed by atoms with Gasteiger partial charge in [0, 0.05) is 48.7 Å². The summed E-state index contributed by atoms with van der Waals surface area (Å²) in [4.78, 5) is 17.7. The number of aromatic nitrogens is 1. The van der Waals surface area contributed by atoms with Gasteiger partial charge in [0.15, 0.2) is 5.78 Å². The van der Waals surface area contributed by atoms with Gasteiger partial charge in [0.1, 0.15) is 17.6 Å². The molecule has 0 fully saturated rings. The molecule has 0 aliphatic rings. The Morgan fingerprint density at radius 3 is 2.97 bits per heavy atom. The highest BCUT2D eigenvalue weighted by molar-refractivity contribution is 5.98. The number of nitrogens with zero attached hydrogens (tertiary/aromatic N) is 3. The minimum Gasteiger partial charge on any atom is -0.494 e. The van der Waals surface area contributed by atoms with Gasteiger partial charge in [-0.1, -0.05) is 6.05 Å². The summed E-state index contributed by atoms with van der Waals surface area (Å²) in [6, 6.07) is 7.42. The lowest BCUT2D eigenvalue weighted by atomic mass is 10.0. The van der Waals surface area contributed by atoms with Crippen LogP contribution in [0.15, 0.2) is 48.6 Å². The molecule has 7 heteroatoms. The molecule has 0 spiro atoms. The number of hydrogen-bond donors (Lipinski definition) is 1. The van der Waals surface area contributed by atoms with Gasteiger partial charge in [0.25, 0.3) is 0 Å². The molecule has 0 radical (unpaired) electrons. The molecule has 0 bridgehead atoms. The smallest absolute Gasteiger partial charge is 0.159 e. The van der Waals surface area contributed by atoms with Crippen molar-refractivity contribution < 1.29 is 23.5 Å². The lowest BCUT2D eigenvalue weighted by Crippen LogP contribution is -2.11. The first-order valence-corrected chi connectivity index (χ1v) is 10.1. The molecule has 3 aromatic rings. The highest BCUT2D eigenvalue weighted by Crippen LogP contribution is 2.34. The van der Waals surface area contributed by atoms with Crippen LogP contribution >= 0.6 is 0 Å². The fourth-order valence-electron chi connectivity index (χ4n) is 3.18. The fraction of sp³-hybridized carbons (Fsp3) is 0.269. The van der Waals surface area contributed by atoms with Crippen molar-refractivity contribution in [1.82, 2.24) is 9.88 Å². The number of pyridine rings is 1. The monoisotopic (exact) mass is 453 g/mol. The van der Waals surface area contributed by atoms with Crippen LogP contribution in [-0.2, 0) is 11.2 Å². The Labute approximate surface area is 203 Å². The van der Waals surface area contributed by atoms with Crippen LogP contribution in [0.3, 0.4) is 0 Å². The van der Waals surface area contributed by atoms with Crippen molar-refractivity contribution in [2.75, 3.05) is 32.4 Å². The van der Waals surface area contributed by atoms with Gasteiger partial charge in [-0.15, -0.1) is 0 Å². The van der Waals surface area contributed by atoms with Crippen LogP contribution in [0.1, 0.15) is 33.2 Å². The van der Waals surface area contributed by atoms with Crippen LogP contribution in [0, 0.1) is 24.1 Å². The summed E-state index contributed by atoms with van der Waals surface area (Å²) >= 11 is 0. The Hall–Kier alpha value is -3.76. The SMILES string of the molecule is [2H]/C(C(=O)Cc1cc2c(Nc3ccc(F)c(C)c3)c(C#N)cnc2cc1OCC)=C(/[2H])C([2H])([2H])N(C)C([2H])([2H])[2H]. The van der Waals surface area contributed by atoms with Gasteiger partial charge in [-0.05, 0) is 63.8 Å². The first-order chi connectivity index (χ1) is 18.6. The quantitative estimate of drug-likeness (QED) is 0.463. The second kappa shape index (κ2) is 10.7. The number of likely N-dealkylation sites (N-methyl/N-ethyl adjacent to an activating group) is 1. The van der Waals surface area contributed by atoms with E-state index in [4.69, 9.17) is 14.3 Å². The van der Waals surface area contributed by atoms with Crippen molar-refractivity contribution in [3.63, 3.8) is 0 Å². The molecule has 0 amide bonds. The number of fused-ring (bicyclic) bond motifs is 1. The largest absolute Gasteiger partial charge is 0.494 e. The summed E-state index contributed by atoms with van der Waals surface area (Å²) in [6.45, 7) is -2.28. The summed E-state index contributed by atoms with van der Waals surface area (Å²) in [5.41, 5.74) is 2.09. The van der Waals surface area contributed by atoms with Gasteiger partial charge in [-0.25, -0.2) is 4.39 Å². The summed E-state index contributed by atoms with van der Waals surface area (Å²) < 4.78 is 74.1. The zero-order chi connectivity index (χ0) is 30.0. The van der Waals surface area contributed by atoms with Crippen molar-refractivity contribution in [2.45, 2.75) is 20.3 Å². The molecule has 1 N–H and O–H groups in total. The zero-order valence-electron chi connectivity index (χ0n) is 25.4. The molecule has 0 aliphatic heterocycles. The topological polar surface area (TPSA) is 78.2 Å². The molecule has 6 nitrogen and oxygen atoms in total. The second-order valence-electron chi connectivity index (χ2n) is 7.18. The summed E-state index contributed by atoms with van der Waals surface area (Å²) in [5, 5.41) is 13.3. The average Bonchev–Trinajstić information content (AvgIpc) is 2.89. The predicted molar refractivity (Wildman–Crippen MR) is 128 cm³/mol. The molecule has 33 heavy (non-hydrogen) atoms. The number of halogens is 1. The number of benzene rings is 2. The first kappa shape index (κ1) is 15.9. The maximum absolute atomic E-state index is 13.8. The maximum atomic E-state index is 13.8. The van der Waals surface area contributed by atoms with E-state index in [0.29, 0.717) is 32.7 Å². The maximum Gasteiger partial charge on any atom is 0.159 e. The van der Waals surface area contributed by atoms with Crippen molar-refractivity contribution in [3.05, 3.63) is 71.1 Å². The molecule has 3 rings (SSSR count). The number of hydrogen-bond acceptors (Lipinski definition) is 6. The van der Waals surface area contributed by atoms with Crippen LogP contribution in [-0.4, -0.2) is 42.8 Å². The van der Waals surface area contributed by atoms with E-state index in [0.717, 1.165) is 7.05 Å². The Balaban J connectivity index is 2.11. The Kier molecular flexibility index (Phi) is 5.17. The van der Waals surface area contributed by atoms with Gasteiger partial charge in [0.05, 0.1) is 26.1 Å². The van der Waals surface area contributed by atoms with Crippen molar-refractivity contribution in [1.29, 1.82) is 5.26 Å². The predicted octanol–water partition coefficient (Wildman–Crippen LogP) is 4.93. The Morgan fingerprint density at radius 1 is 1.45 bits per heavy atom. The Morgan fingerprint density at radius 2 is 2.27 bits per heavy atom. The molecular weight excluding hydrogens is 419 g/mol. The molecule has 0 atom stereocenters. The van der Waals surface area contributed by atoms with Gasteiger partial charge >= 0.3 is 0 Å². The molecule has 0 saturated carbocycles. The van der Waals surface area contributed by atoms with Crippen molar-refractivity contribution in [3.8, 4) is 11.8 Å². The molecule has 0 saturated heterocycles. The summed E-state index contributed by atoms with van der Waals surface area (Å²) in [7, 11) is 0.937. The third-order valence-electron chi connectivity index (χ3n) is 4.67. The van der Waals surface area contributed by atoms with Gasteiger partial charge in [0.2, 0.25) is 0 Å². The van der Waals surface area contributed by atoms with Crippen LogP contribution in [0.2, 0.25) is 0 Å². The van der Waals surface area contributed by atoms with E-state index in [1.165, 1.54) is 18.3 Å². The van der Waals surface area contributed by atoms with Crippen molar-refractivity contribution >= 4 is 28.1 Å². The van der Waals surface area contributed by atoms with Crippen molar-refractivity contribution in [2.24, 2.45) is 0 Å². The average molecular weight is 454 g/mol. The molecule has 1 heterocycles. The minimum absolute atomic E-state index is 0.173. The number of nitriles is 1. The number of allylic oxidation sites excluding steroid dienone is 1. The van der Waals surface area contributed by atoms with E-state index in [9.17, 15) is 14.4 Å². The van der Waals surface area contributed by atoms with E-state index in [1.807, 2.05) is 0 Å².